The molecule has 0 aliphatic carbocycles. The van der Waals surface area contributed by atoms with Crippen molar-refractivity contribution in [2.45, 2.75) is 42.7 Å². The molecule has 0 radical (unpaired) electrons. The molecule has 1 fully saturated rings. The quantitative estimate of drug-likeness (QED) is 0.892. The molecule has 0 bridgehead atoms. The number of benzene rings is 1. The number of nitrogens with zero attached hydrogens (tertiary/aromatic N) is 1. The van der Waals surface area contributed by atoms with Crippen LogP contribution in [0.2, 0.25) is 0 Å². The molecular formula is C16H24N2S. The maximum atomic E-state index is 3.49. The van der Waals surface area contributed by atoms with Gasteiger partial charge in [0.05, 0.1) is 0 Å². The summed E-state index contributed by atoms with van der Waals surface area (Å²) in [4.78, 5) is 4.21. The molecule has 3 rings (SSSR count). The lowest BCUT2D eigenvalue weighted by Gasteiger charge is -2.44. The predicted octanol–water partition coefficient (Wildman–Crippen LogP) is 3.30. The second-order valence-corrected chi connectivity index (χ2v) is 7.17. The van der Waals surface area contributed by atoms with Crippen molar-refractivity contribution >= 4 is 11.8 Å². The molecule has 1 atom stereocenters. The van der Waals surface area contributed by atoms with Crippen molar-refractivity contribution < 1.29 is 0 Å². The lowest BCUT2D eigenvalue weighted by molar-refractivity contribution is 0.106. The van der Waals surface area contributed by atoms with Gasteiger partial charge in [0.1, 0.15) is 0 Å². The maximum absolute atomic E-state index is 3.49. The molecule has 104 valence electrons. The summed E-state index contributed by atoms with van der Waals surface area (Å²) in [6.45, 7) is 4.80. The van der Waals surface area contributed by atoms with E-state index in [-0.39, 0.29) is 0 Å². The summed E-state index contributed by atoms with van der Waals surface area (Å²) in [6, 6.07) is 9.63. The largest absolute Gasteiger partial charge is 0.314 e. The predicted molar refractivity (Wildman–Crippen MR) is 82.8 cm³/mol. The van der Waals surface area contributed by atoms with Crippen LogP contribution >= 0.6 is 11.8 Å². The standard InChI is InChI=1S/C16H24N2S/c1-16(17-2)8-10-18(11-9-16)14-7-12-19-15-6-4-3-5-13(14)15/h3-6,14,17H,7-12H2,1-2H3. The molecule has 19 heavy (non-hydrogen) atoms. The van der Waals surface area contributed by atoms with E-state index in [9.17, 15) is 0 Å². The van der Waals surface area contributed by atoms with Gasteiger partial charge < -0.3 is 5.32 Å². The Balaban J connectivity index is 1.75. The molecule has 2 heterocycles. The SMILES string of the molecule is CNC1(C)CCN(C2CCSc3ccccc32)CC1. The van der Waals surface area contributed by atoms with Gasteiger partial charge >= 0.3 is 0 Å². The first kappa shape index (κ1) is 13.5. The zero-order valence-electron chi connectivity index (χ0n) is 12.0. The third kappa shape index (κ3) is 2.69. The van der Waals surface area contributed by atoms with Gasteiger partial charge in [0.25, 0.3) is 0 Å². The highest BCUT2D eigenvalue weighted by molar-refractivity contribution is 7.99. The monoisotopic (exact) mass is 276 g/mol. The zero-order chi connectivity index (χ0) is 13.3. The summed E-state index contributed by atoms with van der Waals surface area (Å²) in [6.07, 6.45) is 3.82. The molecule has 2 aliphatic rings. The van der Waals surface area contributed by atoms with Crippen LogP contribution in [0.5, 0.6) is 0 Å². The Morgan fingerprint density at radius 3 is 2.74 bits per heavy atom. The van der Waals surface area contributed by atoms with Crippen LogP contribution < -0.4 is 5.32 Å². The van der Waals surface area contributed by atoms with E-state index in [2.05, 4.69) is 48.5 Å². The zero-order valence-corrected chi connectivity index (χ0v) is 12.8. The van der Waals surface area contributed by atoms with Crippen molar-refractivity contribution in [2.75, 3.05) is 25.9 Å². The van der Waals surface area contributed by atoms with Gasteiger partial charge in [0.15, 0.2) is 0 Å². The molecule has 0 amide bonds. The van der Waals surface area contributed by atoms with Crippen LogP contribution in [0.1, 0.15) is 37.8 Å². The molecular weight excluding hydrogens is 252 g/mol. The van der Waals surface area contributed by atoms with E-state index in [1.54, 1.807) is 5.56 Å². The van der Waals surface area contributed by atoms with Crippen LogP contribution in [0.4, 0.5) is 0 Å². The van der Waals surface area contributed by atoms with Crippen LogP contribution in [0.25, 0.3) is 0 Å². The van der Waals surface area contributed by atoms with Gasteiger partial charge in [-0.25, -0.2) is 0 Å². The average molecular weight is 276 g/mol. The molecule has 1 unspecified atom stereocenters. The van der Waals surface area contributed by atoms with Crippen molar-refractivity contribution in [3.8, 4) is 0 Å². The first-order chi connectivity index (χ1) is 9.22. The fraction of sp³-hybridized carbons (Fsp3) is 0.625. The summed E-state index contributed by atoms with van der Waals surface area (Å²) < 4.78 is 0. The Morgan fingerprint density at radius 2 is 2.00 bits per heavy atom. The Kier molecular flexibility index (Phi) is 3.88. The number of rotatable bonds is 2. The van der Waals surface area contributed by atoms with Gasteiger partial charge in [-0.2, -0.15) is 0 Å². The second kappa shape index (κ2) is 5.47. The lowest BCUT2D eigenvalue weighted by Crippen LogP contribution is -2.50. The Labute approximate surface area is 121 Å². The molecule has 1 saturated heterocycles. The van der Waals surface area contributed by atoms with Crippen molar-refractivity contribution in [2.24, 2.45) is 0 Å². The molecule has 1 N–H and O–H groups in total. The van der Waals surface area contributed by atoms with E-state index >= 15 is 0 Å². The smallest absolute Gasteiger partial charge is 0.0367 e. The molecule has 1 aromatic rings. The number of nitrogens with one attached hydrogen (secondary N) is 1. The van der Waals surface area contributed by atoms with Crippen LogP contribution in [0.15, 0.2) is 29.2 Å². The Morgan fingerprint density at radius 1 is 1.26 bits per heavy atom. The molecule has 0 spiro atoms. The van der Waals surface area contributed by atoms with Crippen LogP contribution in [-0.2, 0) is 0 Å². The van der Waals surface area contributed by atoms with E-state index in [0.29, 0.717) is 11.6 Å². The van der Waals surface area contributed by atoms with Gasteiger partial charge in [0, 0.05) is 29.6 Å². The van der Waals surface area contributed by atoms with E-state index < -0.39 is 0 Å². The van der Waals surface area contributed by atoms with Gasteiger partial charge in [-0.3, -0.25) is 4.90 Å². The van der Waals surface area contributed by atoms with Crippen molar-refractivity contribution in [1.29, 1.82) is 0 Å². The maximum Gasteiger partial charge on any atom is 0.0367 e. The Hall–Kier alpha value is -0.510. The minimum atomic E-state index is 0.347. The molecule has 0 saturated carbocycles. The summed E-state index contributed by atoms with van der Waals surface area (Å²) >= 11 is 2.02. The highest BCUT2D eigenvalue weighted by Crippen LogP contribution is 2.40. The minimum Gasteiger partial charge on any atom is -0.314 e. The normalized spacial score (nSPS) is 26.9. The van der Waals surface area contributed by atoms with Gasteiger partial charge in [-0.1, -0.05) is 18.2 Å². The molecule has 2 nitrogen and oxygen atoms in total. The summed E-state index contributed by atoms with van der Waals surface area (Å²) in [5.74, 6) is 1.27. The third-order valence-corrected chi connectivity index (χ3v) is 6.00. The van der Waals surface area contributed by atoms with Crippen molar-refractivity contribution in [1.82, 2.24) is 10.2 Å². The average Bonchev–Trinajstić information content (AvgIpc) is 2.48. The topological polar surface area (TPSA) is 15.3 Å². The molecule has 3 heteroatoms. The van der Waals surface area contributed by atoms with E-state index in [4.69, 9.17) is 0 Å². The first-order valence-corrected chi connectivity index (χ1v) is 8.35. The van der Waals surface area contributed by atoms with Crippen LogP contribution in [0.3, 0.4) is 0 Å². The van der Waals surface area contributed by atoms with Gasteiger partial charge in [0.2, 0.25) is 0 Å². The lowest BCUT2D eigenvalue weighted by atomic mass is 9.88. The van der Waals surface area contributed by atoms with Gasteiger partial charge in [-0.15, -0.1) is 11.8 Å². The van der Waals surface area contributed by atoms with Crippen LogP contribution in [-0.4, -0.2) is 36.3 Å². The summed E-state index contributed by atoms with van der Waals surface area (Å²) in [7, 11) is 2.10. The number of likely N-dealkylation sites (tertiary alicyclic amines) is 1. The number of hydrogen-bond acceptors (Lipinski definition) is 3. The number of fused-ring (bicyclic) bond motifs is 1. The van der Waals surface area contributed by atoms with E-state index in [1.165, 1.54) is 43.0 Å². The molecule has 1 aromatic carbocycles. The van der Waals surface area contributed by atoms with Gasteiger partial charge in [-0.05, 0) is 50.6 Å². The minimum absolute atomic E-state index is 0.347. The van der Waals surface area contributed by atoms with Crippen LogP contribution in [0, 0.1) is 0 Å². The fourth-order valence-corrected chi connectivity index (χ4v) is 4.39. The molecule has 0 aromatic heterocycles. The van der Waals surface area contributed by atoms with Crippen molar-refractivity contribution in [3.63, 3.8) is 0 Å². The Bertz CT molecular complexity index is 438. The third-order valence-electron chi connectivity index (χ3n) is 4.87. The highest BCUT2D eigenvalue weighted by atomic mass is 32.2. The van der Waals surface area contributed by atoms with E-state index in [0.717, 1.165) is 0 Å². The number of hydrogen-bond donors (Lipinski definition) is 1. The second-order valence-electron chi connectivity index (χ2n) is 6.04. The number of piperidine rings is 1. The summed E-state index contributed by atoms with van der Waals surface area (Å²) in [5.41, 5.74) is 1.91. The highest BCUT2D eigenvalue weighted by Gasteiger charge is 2.33. The molecule has 2 aliphatic heterocycles. The van der Waals surface area contributed by atoms with E-state index in [1.807, 2.05) is 11.8 Å². The van der Waals surface area contributed by atoms with Crippen molar-refractivity contribution in [3.05, 3.63) is 29.8 Å². The summed E-state index contributed by atoms with van der Waals surface area (Å²) in [5, 5.41) is 3.49. The first-order valence-electron chi connectivity index (χ1n) is 7.36. The number of thioether (sulfide) groups is 1. The fourth-order valence-electron chi connectivity index (χ4n) is 3.28.